The van der Waals surface area contributed by atoms with Crippen molar-refractivity contribution < 1.29 is 19.1 Å². The van der Waals surface area contributed by atoms with Gasteiger partial charge in [-0.05, 0) is 61.1 Å². The van der Waals surface area contributed by atoms with Crippen LogP contribution in [0.1, 0.15) is 65.6 Å². The zero-order chi connectivity index (χ0) is 29.1. The Morgan fingerprint density at radius 3 is 2.49 bits per heavy atom. The Hall–Kier alpha value is -3.69. The lowest BCUT2D eigenvalue weighted by Gasteiger charge is -2.44. The van der Waals surface area contributed by atoms with E-state index in [9.17, 15) is 14.8 Å². The molecule has 3 aromatic rings. The number of methoxy groups -OCH3 is 1. The van der Waals surface area contributed by atoms with Crippen LogP contribution >= 0.6 is 0 Å². The molecule has 1 aromatic carbocycles. The van der Waals surface area contributed by atoms with Crippen LogP contribution in [0.2, 0.25) is 0 Å². The number of rotatable bonds is 9. The van der Waals surface area contributed by atoms with E-state index in [4.69, 9.17) is 10.5 Å². The van der Waals surface area contributed by atoms with Crippen molar-refractivity contribution in [2.75, 3.05) is 32.1 Å². The third-order valence-electron chi connectivity index (χ3n) is 8.95. The van der Waals surface area contributed by atoms with Gasteiger partial charge in [0.2, 0.25) is 5.91 Å². The highest BCUT2D eigenvalue weighted by Crippen LogP contribution is 2.43. The van der Waals surface area contributed by atoms with Gasteiger partial charge >= 0.3 is 0 Å². The molecule has 2 amide bonds. The first kappa shape index (κ1) is 28.8. The number of primary amides is 1. The van der Waals surface area contributed by atoms with Crippen molar-refractivity contribution in [1.82, 2.24) is 9.47 Å². The number of ether oxygens (including phenoxy) is 1. The van der Waals surface area contributed by atoms with Crippen molar-refractivity contribution in [2.45, 2.75) is 58.5 Å². The second kappa shape index (κ2) is 12.4. The molecule has 2 atom stereocenters. The van der Waals surface area contributed by atoms with Crippen LogP contribution in [0.5, 0.6) is 0 Å². The average Bonchev–Trinajstić information content (AvgIpc) is 3.41. The number of fused-ring (bicyclic) bond motifs is 1. The van der Waals surface area contributed by atoms with E-state index >= 15 is 0 Å². The Labute approximate surface area is 241 Å². The lowest BCUT2D eigenvalue weighted by molar-refractivity contribution is -0.611. The number of amides is 2. The summed E-state index contributed by atoms with van der Waals surface area (Å²) in [7, 11) is 1.69. The molecule has 0 radical (unpaired) electrons. The van der Waals surface area contributed by atoms with Crippen LogP contribution in [0.4, 0.5) is 5.69 Å². The van der Waals surface area contributed by atoms with Gasteiger partial charge < -0.3 is 25.6 Å². The summed E-state index contributed by atoms with van der Waals surface area (Å²) in [5.74, 6) is -0.555. The summed E-state index contributed by atoms with van der Waals surface area (Å²) in [6.07, 6.45) is 6.92. The molecule has 1 aliphatic heterocycles. The van der Waals surface area contributed by atoms with E-state index in [1.165, 1.54) is 12.6 Å². The van der Waals surface area contributed by atoms with Crippen molar-refractivity contribution in [3.8, 4) is 11.1 Å². The van der Waals surface area contributed by atoms with Gasteiger partial charge in [-0.2, -0.15) is 4.73 Å². The van der Waals surface area contributed by atoms with Crippen LogP contribution in [0.3, 0.4) is 0 Å². The summed E-state index contributed by atoms with van der Waals surface area (Å²) in [5.41, 5.74) is 11.4. The fraction of sp³-hybridized carbons (Fsp3) is 0.469. The van der Waals surface area contributed by atoms with Crippen LogP contribution in [0, 0.1) is 30.9 Å². The minimum Gasteiger partial charge on any atom is -0.618 e. The number of aromatic nitrogens is 2. The van der Waals surface area contributed by atoms with Crippen molar-refractivity contribution in [1.29, 1.82) is 0 Å². The van der Waals surface area contributed by atoms with Gasteiger partial charge in [0, 0.05) is 51.1 Å². The van der Waals surface area contributed by atoms with E-state index in [1.54, 1.807) is 13.2 Å². The number of hydrogen-bond acceptors (Lipinski definition) is 5. The largest absolute Gasteiger partial charge is 0.618 e. The van der Waals surface area contributed by atoms with Gasteiger partial charge in [-0.3, -0.25) is 14.5 Å². The van der Waals surface area contributed by atoms with E-state index in [-0.39, 0.29) is 23.8 Å². The topological polar surface area (TPSA) is 117 Å². The molecule has 9 nitrogen and oxygen atoms in total. The van der Waals surface area contributed by atoms with Crippen molar-refractivity contribution in [2.24, 2.45) is 17.6 Å². The first-order chi connectivity index (χ1) is 19.8. The van der Waals surface area contributed by atoms with Crippen LogP contribution in [0.25, 0.3) is 11.1 Å². The Morgan fingerprint density at radius 1 is 1.07 bits per heavy atom. The number of benzene rings is 1. The SMILES string of the molecule is COCCN1CCn2c(C(N)=O)ccc2[C@@H]1[C@@H](C(=O)Nc1ccc(-c2c(C)cc[n+]([O-])c2C)cc1)C1CCCCC1. The summed E-state index contributed by atoms with van der Waals surface area (Å²) in [6.45, 7) is 6.41. The smallest absolute Gasteiger partial charge is 0.265 e. The normalized spacial score (nSPS) is 18.6. The highest BCUT2D eigenvalue weighted by molar-refractivity contribution is 5.94. The first-order valence-corrected chi connectivity index (χ1v) is 14.6. The summed E-state index contributed by atoms with van der Waals surface area (Å²) in [4.78, 5) is 28.8. The van der Waals surface area contributed by atoms with Crippen molar-refractivity contribution in [3.05, 3.63) is 76.5 Å². The standard InChI is InChI=1S/C32H41N5O4/c1-21-15-16-37(40)22(2)28(21)24-9-11-25(12-10-24)34-32(39)29(23-7-5-4-6-8-23)30-26-13-14-27(31(33)38)36(26)18-17-35(30)19-20-41-3/h9-16,23,29-30H,4-8,17-20H2,1-3H3,(H2,33,38)(H,34,39)/t29-,30+/m0/s1. The Bertz CT molecular complexity index is 1390. The van der Waals surface area contributed by atoms with Crippen LogP contribution in [0.15, 0.2) is 48.7 Å². The molecule has 2 aliphatic rings. The van der Waals surface area contributed by atoms with E-state index in [0.29, 0.717) is 43.3 Å². The van der Waals surface area contributed by atoms with Crippen LogP contribution in [-0.2, 0) is 16.1 Å². The second-order valence-corrected chi connectivity index (χ2v) is 11.4. The average molecular weight is 560 g/mol. The Balaban J connectivity index is 1.48. The summed E-state index contributed by atoms with van der Waals surface area (Å²) < 4.78 is 8.32. The number of nitrogens with zero attached hydrogens (tertiary/aromatic N) is 3. The molecule has 0 saturated heterocycles. The molecule has 0 bridgehead atoms. The fourth-order valence-electron chi connectivity index (χ4n) is 6.89. The molecule has 218 valence electrons. The molecule has 1 saturated carbocycles. The van der Waals surface area contributed by atoms with Gasteiger partial charge in [-0.25, -0.2) is 0 Å². The van der Waals surface area contributed by atoms with Crippen LogP contribution < -0.4 is 15.8 Å². The molecular formula is C32H41N5O4. The third kappa shape index (κ3) is 5.87. The molecule has 3 N–H and O–H groups in total. The maximum absolute atomic E-state index is 14.3. The fourth-order valence-corrected chi connectivity index (χ4v) is 6.89. The summed E-state index contributed by atoms with van der Waals surface area (Å²) >= 11 is 0. The second-order valence-electron chi connectivity index (χ2n) is 11.4. The molecule has 9 heteroatoms. The van der Waals surface area contributed by atoms with Crippen molar-refractivity contribution in [3.63, 3.8) is 0 Å². The molecule has 0 unspecified atom stereocenters. The number of pyridine rings is 1. The van der Waals surface area contributed by atoms with Gasteiger partial charge in [-0.1, -0.05) is 31.4 Å². The van der Waals surface area contributed by atoms with Gasteiger partial charge in [0.1, 0.15) is 5.69 Å². The molecule has 1 fully saturated rings. The Morgan fingerprint density at radius 2 is 1.80 bits per heavy atom. The predicted octanol–water partition coefficient (Wildman–Crippen LogP) is 4.34. The van der Waals surface area contributed by atoms with Gasteiger partial charge in [0.15, 0.2) is 11.9 Å². The number of carbonyl (C=O) groups is 2. The van der Waals surface area contributed by atoms with Crippen LogP contribution in [-0.4, -0.2) is 48.1 Å². The Kier molecular flexibility index (Phi) is 8.75. The quantitative estimate of drug-likeness (QED) is 0.299. The minimum atomic E-state index is -0.453. The number of carbonyl (C=O) groups excluding carboxylic acids is 2. The molecule has 1 aliphatic carbocycles. The van der Waals surface area contributed by atoms with E-state index in [1.807, 2.05) is 54.8 Å². The first-order valence-electron chi connectivity index (χ1n) is 14.6. The monoisotopic (exact) mass is 559 g/mol. The van der Waals surface area contributed by atoms with Gasteiger partial charge in [0.05, 0.1) is 24.1 Å². The maximum Gasteiger partial charge on any atom is 0.265 e. The number of nitrogens with one attached hydrogen (secondary N) is 1. The molecule has 41 heavy (non-hydrogen) atoms. The highest BCUT2D eigenvalue weighted by atomic mass is 16.5. The zero-order valence-electron chi connectivity index (χ0n) is 24.3. The van der Waals surface area contributed by atoms with Crippen molar-refractivity contribution >= 4 is 17.5 Å². The lowest BCUT2D eigenvalue weighted by Crippen LogP contribution is -2.48. The highest BCUT2D eigenvalue weighted by Gasteiger charge is 2.43. The molecule has 3 heterocycles. The van der Waals surface area contributed by atoms with E-state index in [2.05, 4.69) is 10.2 Å². The zero-order valence-corrected chi connectivity index (χ0v) is 24.3. The summed E-state index contributed by atoms with van der Waals surface area (Å²) in [5, 5.41) is 15.4. The molecule has 2 aromatic heterocycles. The number of anilines is 1. The number of aryl methyl sites for hydroxylation is 1. The number of hydrogen-bond donors (Lipinski definition) is 2. The number of nitrogens with two attached hydrogens (primary N) is 1. The predicted molar refractivity (Wildman–Crippen MR) is 158 cm³/mol. The van der Waals surface area contributed by atoms with Gasteiger partial charge in [-0.15, -0.1) is 0 Å². The third-order valence-corrected chi connectivity index (χ3v) is 8.95. The summed E-state index contributed by atoms with van der Waals surface area (Å²) in [6, 6.07) is 13.1. The lowest BCUT2D eigenvalue weighted by atomic mass is 9.74. The molecule has 0 spiro atoms. The molecular weight excluding hydrogens is 518 g/mol. The van der Waals surface area contributed by atoms with Gasteiger partial charge in [0.25, 0.3) is 5.91 Å². The maximum atomic E-state index is 14.3. The van der Waals surface area contributed by atoms with E-state index < -0.39 is 5.91 Å². The van der Waals surface area contributed by atoms with E-state index in [0.717, 1.165) is 52.8 Å². The minimum absolute atomic E-state index is 0.0168. The molecule has 5 rings (SSSR count).